The van der Waals surface area contributed by atoms with Crippen molar-refractivity contribution in [1.29, 1.82) is 0 Å². The maximum atomic E-state index is 11.3. The lowest BCUT2D eigenvalue weighted by molar-refractivity contribution is -0.154. The zero-order valence-electron chi connectivity index (χ0n) is 11.9. The molecule has 19 heavy (non-hydrogen) atoms. The van der Waals surface area contributed by atoms with E-state index in [0.717, 1.165) is 12.8 Å². The molecule has 108 valence electrons. The third-order valence-corrected chi connectivity index (χ3v) is 2.19. The molecule has 0 atom stereocenters. The number of carbonyl (C=O) groups is 2. The van der Waals surface area contributed by atoms with Crippen LogP contribution in [0.2, 0.25) is 0 Å². The molecule has 0 radical (unpaired) electrons. The molecule has 0 spiro atoms. The van der Waals surface area contributed by atoms with Crippen LogP contribution in [-0.4, -0.2) is 25.2 Å². The summed E-state index contributed by atoms with van der Waals surface area (Å²) in [7, 11) is 0. The number of hydrogen-bond acceptors (Lipinski definition) is 4. The van der Waals surface area contributed by atoms with Gasteiger partial charge in [0.1, 0.15) is 6.42 Å². The third kappa shape index (κ3) is 12.7. The fraction of sp³-hybridized carbons (Fsp3) is 0.600. The fourth-order valence-corrected chi connectivity index (χ4v) is 1.27. The maximum Gasteiger partial charge on any atom is 0.317 e. The molecular weight excluding hydrogens is 244 g/mol. The van der Waals surface area contributed by atoms with Crippen LogP contribution in [0, 0.1) is 0 Å². The molecule has 0 aliphatic rings. The standard InChI is InChI=1S/C15H24O4/c1-3-5-7-9-11-18-14(16)13-15(17)19-12-10-8-6-4-2/h5-8H,3-4,9-13H2,1-2H3/b7-5+,8-6+. The smallest absolute Gasteiger partial charge is 0.317 e. The van der Waals surface area contributed by atoms with E-state index in [9.17, 15) is 9.59 Å². The van der Waals surface area contributed by atoms with Crippen molar-refractivity contribution in [1.82, 2.24) is 0 Å². The molecule has 4 nitrogen and oxygen atoms in total. The summed E-state index contributed by atoms with van der Waals surface area (Å²) in [5.41, 5.74) is 0. The maximum absolute atomic E-state index is 11.3. The Morgan fingerprint density at radius 2 is 1.21 bits per heavy atom. The van der Waals surface area contributed by atoms with Crippen LogP contribution >= 0.6 is 0 Å². The largest absolute Gasteiger partial charge is 0.465 e. The summed E-state index contributed by atoms with van der Waals surface area (Å²) >= 11 is 0. The topological polar surface area (TPSA) is 52.6 Å². The van der Waals surface area contributed by atoms with Crippen molar-refractivity contribution in [3.63, 3.8) is 0 Å². The highest BCUT2D eigenvalue weighted by molar-refractivity contribution is 5.91. The highest BCUT2D eigenvalue weighted by atomic mass is 16.6. The van der Waals surface area contributed by atoms with Gasteiger partial charge in [-0.1, -0.05) is 38.2 Å². The van der Waals surface area contributed by atoms with E-state index in [2.05, 4.69) is 0 Å². The van der Waals surface area contributed by atoms with Crippen molar-refractivity contribution in [3.8, 4) is 0 Å². The van der Waals surface area contributed by atoms with Gasteiger partial charge in [0, 0.05) is 0 Å². The van der Waals surface area contributed by atoms with Gasteiger partial charge in [-0.3, -0.25) is 9.59 Å². The highest BCUT2D eigenvalue weighted by Crippen LogP contribution is 1.96. The first-order chi connectivity index (χ1) is 9.20. The van der Waals surface area contributed by atoms with Crippen molar-refractivity contribution in [2.24, 2.45) is 0 Å². The lowest BCUT2D eigenvalue weighted by Gasteiger charge is -2.04. The van der Waals surface area contributed by atoms with Gasteiger partial charge in [0.2, 0.25) is 0 Å². The Kier molecular flexibility index (Phi) is 11.8. The molecule has 0 saturated carbocycles. The molecule has 0 bridgehead atoms. The minimum absolute atomic E-state index is 0.307. The molecule has 0 fully saturated rings. The summed E-state index contributed by atoms with van der Waals surface area (Å²) in [6, 6.07) is 0. The van der Waals surface area contributed by atoms with E-state index in [-0.39, 0.29) is 6.42 Å². The summed E-state index contributed by atoms with van der Waals surface area (Å²) in [6.45, 7) is 4.69. The van der Waals surface area contributed by atoms with E-state index in [1.54, 1.807) is 0 Å². The van der Waals surface area contributed by atoms with Crippen LogP contribution in [0.1, 0.15) is 46.0 Å². The molecule has 0 aromatic rings. The van der Waals surface area contributed by atoms with Gasteiger partial charge in [-0.05, 0) is 25.7 Å². The van der Waals surface area contributed by atoms with Crippen molar-refractivity contribution in [2.75, 3.05) is 13.2 Å². The quantitative estimate of drug-likeness (QED) is 0.264. The second-order valence-electron chi connectivity index (χ2n) is 3.95. The van der Waals surface area contributed by atoms with E-state index in [1.807, 2.05) is 38.2 Å². The van der Waals surface area contributed by atoms with Crippen LogP contribution in [-0.2, 0) is 19.1 Å². The SMILES string of the molecule is CC/C=C/CCOC(=O)CC(=O)OCC/C=C/CC. The van der Waals surface area contributed by atoms with Crippen LogP contribution < -0.4 is 0 Å². The van der Waals surface area contributed by atoms with Crippen molar-refractivity contribution in [3.05, 3.63) is 24.3 Å². The summed E-state index contributed by atoms with van der Waals surface area (Å²) in [6.07, 6.45) is 10.9. The molecule has 0 aliphatic carbocycles. The number of hydrogen-bond donors (Lipinski definition) is 0. The first kappa shape index (κ1) is 17.4. The van der Waals surface area contributed by atoms with Gasteiger partial charge in [0.15, 0.2) is 0 Å². The van der Waals surface area contributed by atoms with Crippen LogP contribution in [0.5, 0.6) is 0 Å². The summed E-state index contributed by atoms with van der Waals surface area (Å²) in [4.78, 5) is 22.5. The molecule has 0 amide bonds. The number of esters is 2. The molecule has 4 heteroatoms. The van der Waals surface area contributed by atoms with Gasteiger partial charge < -0.3 is 9.47 Å². The summed E-state index contributed by atoms with van der Waals surface area (Å²) in [5.74, 6) is -1.06. The van der Waals surface area contributed by atoms with Crippen LogP contribution in [0.25, 0.3) is 0 Å². The molecule has 0 aromatic heterocycles. The number of ether oxygens (including phenoxy) is 2. The first-order valence-corrected chi connectivity index (χ1v) is 6.81. The Hall–Kier alpha value is -1.58. The first-order valence-electron chi connectivity index (χ1n) is 6.81. The second kappa shape index (κ2) is 12.9. The van der Waals surface area contributed by atoms with E-state index < -0.39 is 11.9 Å². The predicted octanol–water partition coefficient (Wildman–Crippen LogP) is 3.18. The van der Waals surface area contributed by atoms with Gasteiger partial charge in [-0.15, -0.1) is 0 Å². The van der Waals surface area contributed by atoms with E-state index in [0.29, 0.717) is 26.1 Å². The highest BCUT2D eigenvalue weighted by Gasteiger charge is 2.11. The van der Waals surface area contributed by atoms with Crippen LogP contribution in [0.4, 0.5) is 0 Å². The Balaban J connectivity index is 3.55. The normalized spacial score (nSPS) is 11.1. The minimum Gasteiger partial charge on any atom is -0.465 e. The van der Waals surface area contributed by atoms with Gasteiger partial charge >= 0.3 is 11.9 Å². The Labute approximate surface area is 115 Å². The predicted molar refractivity (Wildman–Crippen MR) is 74.6 cm³/mol. The molecular formula is C15H24O4. The summed E-state index contributed by atoms with van der Waals surface area (Å²) < 4.78 is 9.80. The molecule has 0 aromatic carbocycles. The van der Waals surface area contributed by atoms with Gasteiger partial charge in [0.05, 0.1) is 13.2 Å². The van der Waals surface area contributed by atoms with E-state index in [1.165, 1.54) is 0 Å². The van der Waals surface area contributed by atoms with Gasteiger partial charge in [-0.2, -0.15) is 0 Å². The van der Waals surface area contributed by atoms with Crippen molar-refractivity contribution >= 4 is 11.9 Å². The fourth-order valence-electron chi connectivity index (χ4n) is 1.27. The Morgan fingerprint density at radius 3 is 1.58 bits per heavy atom. The molecule has 0 saturated heterocycles. The van der Waals surface area contributed by atoms with E-state index >= 15 is 0 Å². The minimum atomic E-state index is -0.529. The monoisotopic (exact) mass is 268 g/mol. The zero-order valence-corrected chi connectivity index (χ0v) is 11.9. The van der Waals surface area contributed by atoms with Crippen molar-refractivity contribution in [2.45, 2.75) is 46.0 Å². The Bertz CT molecular complexity index is 275. The molecule has 0 N–H and O–H groups in total. The van der Waals surface area contributed by atoms with Crippen molar-refractivity contribution < 1.29 is 19.1 Å². The lowest BCUT2D eigenvalue weighted by Crippen LogP contribution is -2.14. The van der Waals surface area contributed by atoms with Gasteiger partial charge in [0.25, 0.3) is 0 Å². The zero-order chi connectivity index (χ0) is 14.3. The average molecular weight is 268 g/mol. The van der Waals surface area contributed by atoms with Crippen LogP contribution in [0.15, 0.2) is 24.3 Å². The average Bonchev–Trinajstić information content (AvgIpc) is 2.38. The Morgan fingerprint density at radius 1 is 0.789 bits per heavy atom. The molecule has 0 aliphatic heterocycles. The molecule has 0 unspecified atom stereocenters. The number of carbonyl (C=O) groups excluding carboxylic acids is 2. The summed E-state index contributed by atoms with van der Waals surface area (Å²) in [5, 5.41) is 0. The lowest BCUT2D eigenvalue weighted by atomic mass is 10.3. The second-order valence-corrected chi connectivity index (χ2v) is 3.95. The molecule has 0 rings (SSSR count). The van der Waals surface area contributed by atoms with Crippen LogP contribution in [0.3, 0.4) is 0 Å². The molecule has 0 heterocycles. The number of rotatable bonds is 10. The van der Waals surface area contributed by atoms with Gasteiger partial charge in [-0.25, -0.2) is 0 Å². The number of allylic oxidation sites excluding steroid dienone is 2. The third-order valence-electron chi connectivity index (χ3n) is 2.19. The van der Waals surface area contributed by atoms with E-state index in [4.69, 9.17) is 9.47 Å².